The van der Waals surface area contributed by atoms with E-state index in [1.807, 2.05) is 19.1 Å². The van der Waals surface area contributed by atoms with Crippen LogP contribution in [0.25, 0.3) is 0 Å². The summed E-state index contributed by atoms with van der Waals surface area (Å²) in [5.74, 6) is -0.404. The smallest absolute Gasteiger partial charge is 0.248 e. The van der Waals surface area contributed by atoms with E-state index in [-0.39, 0.29) is 0 Å². The van der Waals surface area contributed by atoms with E-state index in [1.165, 1.54) is 0 Å². The molecule has 0 aliphatic carbocycles. The third kappa shape index (κ3) is 3.85. The molecule has 0 aliphatic heterocycles. The highest BCUT2D eigenvalue weighted by molar-refractivity contribution is 5.93. The molecule has 0 aromatic heterocycles. The minimum absolute atomic E-state index is 0.404. The Morgan fingerprint density at radius 3 is 2.87 bits per heavy atom. The average molecular weight is 204 g/mol. The summed E-state index contributed by atoms with van der Waals surface area (Å²) in [5.41, 5.74) is 7.74. The molecule has 0 unspecified atom stereocenters. The molecule has 1 aromatic rings. The number of anilines is 1. The largest absolute Gasteiger partial charge is 0.385 e. The van der Waals surface area contributed by atoms with Gasteiger partial charge in [0.1, 0.15) is 0 Å². The fraction of sp³-hybridized carbons (Fsp3) is 0.250. The number of carbonyl (C=O) groups excluding carboxylic acids is 1. The molecule has 3 nitrogen and oxygen atoms in total. The van der Waals surface area contributed by atoms with Gasteiger partial charge in [0.15, 0.2) is 0 Å². The Morgan fingerprint density at radius 1 is 1.53 bits per heavy atom. The highest BCUT2D eigenvalue weighted by Crippen LogP contribution is 2.10. The molecule has 1 amide bonds. The van der Waals surface area contributed by atoms with Crippen molar-refractivity contribution in [1.29, 1.82) is 0 Å². The molecule has 0 aliphatic rings. The summed E-state index contributed by atoms with van der Waals surface area (Å²) in [6, 6.07) is 7.17. The first-order chi connectivity index (χ1) is 7.09. The van der Waals surface area contributed by atoms with Crippen molar-refractivity contribution >= 4 is 11.6 Å². The minimum Gasteiger partial charge on any atom is -0.385 e. The lowest BCUT2D eigenvalue weighted by atomic mass is 10.2. The molecule has 3 N–H and O–H groups in total. The zero-order valence-corrected chi connectivity index (χ0v) is 8.92. The Labute approximate surface area is 90.0 Å². The van der Waals surface area contributed by atoms with Crippen molar-refractivity contribution in [1.82, 2.24) is 0 Å². The highest BCUT2D eigenvalue weighted by Gasteiger charge is 2.00. The van der Waals surface area contributed by atoms with Crippen LogP contribution < -0.4 is 11.1 Å². The molecule has 0 saturated carbocycles. The second kappa shape index (κ2) is 5.20. The van der Waals surface area contributed by atoms with E-state index in [0.29, 0.717) is 5.56 Å². The Balaban J connectivity index is 2.58. The van der Waals surface area contributed by atoms with Crippen LogP contribution in [0, 0.1) is 0 Å². The van der Waals surface area contributed by atoms with Crippen molar-refractivity contribution in [2.75, 3.05) is 11.9 Å². The van der Waals surface area contributed by atoms with Gasteiger partial charge < -0.3 is 11.1 Å². The van der Waals surface area contributed by atoms with Crippen LogP contribution in [0.15, 0.2) is 36.4 Å². The van der Waals surface area contributed by atoms with Crippen LogP contribution >= 0.6 is 0 Å². The maximum atomic E-state index is 10.9. The number of carbonyl (C=O) groups is 1. The molecule has 0 radical (unpaired) electrons. The molecule has 0 spiro atoms. The fourth-order valence-electron chi connectivity index (χ4n) is 1.20. The van der Waals surface area contributed by atoms with Gasteiger partial charge in [-0.2, -0.15) is 0 Å². The number of benzene rings is 1. The number of nitrogens with one attached hydrogen (secondary N) is 1. The van der Waals surface area contributed by atoms with Crippen LogP contribution in [0.3, 0.4) is 0 Å². The van der Waals surface area contributed by atoms with E-state index in [9.17, 15) is 4.79 Å². The number of nitrogens with two attached hydrogens (primary N) is 1. The third-order valence-corrected chi connectivity index (χ3v) is 2.03. The summed E-state index contributed by atoms with van der Waals surface area (Å²) in [6.07, 6.45) is 0.917. The Bertz CT molecular complexity index is 372. The molecule has 0 saturated heterocycles. The molecule has 0 bridgehead atoms. The predicted molar refractivity (Wildman–Crippen MR) is 62.9 cm³/mol. The Hall–Kier alpha value is -1.77. The second-order valence-electron chi connectivity index (χ2n) is 3.58. The quantitative estimate of drug-likeness (QED) is 0.722. The number of primary amides is 1. The second-order valence-corrected chi connectivity index (χ2v) is 3.58. The van der Waals surface area contributed by atoms with E-state index >= 15 is 0 Å². The van der Waals surface area contributed by atoms with E-state index in [1.54, 1.807) is 12.1 Å². The first-order valence-electron chi connectivity index (χ1n) is 4.87. The molecular weight excluding hydrogens is 188 g/mol. The molecule has 80 valence electrons. The molecular formula is C12H16N2O. The summed E-state index contributed by atoms with van der Waals surface area (Å²) in [7, 11) is 0. The predicted octanol–water partition coefficient (Wildman–Crippen LogP) is 2.16. The summed E-state index contributed by atoms with van der Waals surface area (Å²) >= 11 is 0. The lowest BCUT2D eigenvalue weighted by Gasteiger charge is -2.06. The van der Waals surface area contributed by atoms with Crippen molar-refractivity contribution in [2.45, 2.75) is 13.3 Å². The summed E-state index contributed by atoms with van der Waals surface area (Å²) in [4.78, 5) is 10.9. The summed E-state index contributed by atoms with van der Waals surface area (Å²) in [5, 5.41) is 3.20. The Kier molecular flexibility index (Phi) is 3.92. The van der Waals surface area contributed by atoms with E-state index in [4.69, 9.17) is 5.73 Å². The number of rotatable bonds is 5. The van der Waals surface area contributed by atoms with Gasteiger partial charge in [-0.1, -0.05) is 11.6 Å². The summed E-state index contributed by atoms with van der Waals surface area (Å²) in [6.45, 7) is 6.62. The van der Waals surface area contributed by atoms with Gasteiger partial charge in [-0.05, 0) is 31.5 Å². The van der Waals surface area contributed by atoms with Gasteiger partial charge >= 0.3 is 0 Å². The molecule has 1 aromatic carbocycles. The van der Waals surface area contributed by atoms with Gasteiger partial charge in [-0.25, -0.2) is 0 Å². The van der Waals surface area contributed by atoms with Crippen LogP contribution in [0.5, 0.6) is 0 Å². The lowest BCUT2D eigenvalue weighted by molar-refractivity contribution is 0.100. The van der Waals surface area contributed by atoms with Gasteiger partial charge in [0, 0.05) is 17.8 Å². The maximum absolute atomic E-state index is 10.9. The maximum Gasteiger partial charge on any atom is 0.248 e. The molecule has 0 atom stereocenters. The monoisotopic (exact) mass is 204 g/mol. The average Bonchev–Trinajstić information content (AvgIpc) is 2.17. The molecule has 0 heterocycles. The SMILES string of the molecule is C=C(C)CCNc1cccc(C(N)=O)c1. The van der Waals surface area contributed by atoms with E-state index in [0.717, 1.165) is 24.2 Å². The van der Waals surface area contributed by atoms with Gasteiger partial charge in [0.05, 0.1) is 0 Å². The van der Waals surface area contributed by atoms with Crippen LogP contribution in [0.2, 0.25) is 0 Å². The number of hydrogen-bond acceptors (Lipinski definition) is 2. The zero-order chi connectivity index (χ0) is 11.3. The first-order valence-corrected chi connectivity index (χ1v) is 4.87. The van der Waals surface area contributed by atoms with Crippen LogP contribution in [-0.4, -0.2) is 12.5 Å². The molecule has 1 rings (SSSR count). The standard InChI is InChI=1S/C12H16N2O/c1-9(2)6-7-14-11-5-3-4-10(8-11)12(13)15/h3-5,8,14H,1,6-7H2,2H3,(H2,13,15). The number of amides is 1. The molecule has 3 heteroatoms. The van der Waals surface area contributed by atoms with Gasteiger partial charge in [-0.3, -0.25) is 4.79 Å². The first kappa shape index (κ1) is 11.3. The zero-order valence-electron chi connectivity index (χ0n) is 8.92. The number of hydrogen-bond donors (Lipinski definition) is 2. The summed E-state index contributed by atoms with van der Waals surface area (Å²) < 4.78 is 0. The minimum atomic E-state index is -0.404. The lowest BCUT2D eigenvalue weighted by Crippen LogP contribution is -2.11. The normalized spacial score (nSPS) is 9.67. The van der Waals surface area contributed by atoms with Crippen molar-refractivity contribution in [3.8, 4) is 0 Å². The fourth-order valence-corrected chi connectivity index (χ4v) is 1.20. The van der Waals surface area contributed by atoms with Crippen LogP contribution in [-0.2, 0) is 0 Å². The van der Waals surface area contributed by atoms with Crippen molar-refractivity contribution in [3.63, 3.8) is 0 Å². The van der Waals surface area contributed by atoms with E-state index < -0.39 is 5.91 Å². The third-order valence-electron chi connectivity index (χ3n) is 2.03. The van der Waals surface area contributed by atoms with Crippen molar-refractivity contribution in [2.24, 2.45) is 5.73 Å². The van der Waals surface area contributed by atoms with Crippen molar-refractivity contribution < 1.29 is 4.79 Å². The van der Waals surface area contributed by atoms with Crippen LogP contribution in [0.1, 0.15) is 23.7 Å². The van der Waals surface area contributed by atoms with Gasteiger partial charge in [0.25, 0.3) is 0 Å². The van der Waals surface area contributed by atoms with E-state index in [2.05, 4.69) is 11.9 Å². The topological polar surface area (TPSA) is 55.1 Å². The molecule has 15 heavy (non-hydrogen) atoms. The van der Waals surface area contributed by atoms with Crippen LogP contribution in [0.4, 0.5) is 5.69 Å². The van der Waals surface area contributed by atoms with Crippen molar-refractivity contribution in [3.05, 3.63) is 42.0 Å². The van der Waals surface area contributed by atoms with Gasteiger partial charge in [-0.15, -0.1) is 6.58 Å². The molecule has 0 fully saturated rings. The van der Waals surface area contributed by atoms with Gasteiger partial charge in [0.2, 0.25) is 5.91 Å². The highest BCUT2D eigenvalue weighted by atomic mass is 16.1. The Morgan fingerprint density at radius 2 is 2.27 bits per heavy atom.